The number of hydrogen-bond acceptors (Lipinski definition) is 13. The molecule has 3 aliphatic carbocycles. The SMILES string of the molecule is C=C1C(OC)C2=C(C)[C@@H](OC(=O)C(OC(=O)CNC)[C@@H](NC(=O)OC(C)(C)C)c3ccccc3)CC(O)(C(OC(=O)c3ccccc3)C3[C@@H]4CO[C@@H]4C[C@H](OC)C13C)C2(C)C. The first-order chi connectivity index (χ1) is 28.7. The summed E-state index contributed by atoms with van der Waals surface area (Å²) in [5, 5.41) is 19.2. The molecule has 11 atom stereocenters. The molecule has 4 aliphatic rings. The van der Waals surface area contributed by atoms with E-state index < -0.39 is 88.5 Å². The van der Waals surface area contributed by atoms with Crippen molar-refractivity contribution < 1.29 is 57.4 Å². The molecule has 1 amide bonds. The number of nitrogens with one attached hydrogen (secondary N) is 2. The van der Waals surface area contributed by atoms with Crippen molar-refractivity contribution in [3.05, 3.63) is 95.1 Å². The molecule has 0 aromatic heterocycles. The minimum atomic E-state index is -1.93. The summed E-state index contributed by atoms with van der Waals surface area (Å²) in [5.74, 6) is -3.20. The molecule has 2 saturated carbocycles. The third-order valence-electron chi connectivity index (χ3n) is 13.4. The van der Waals surface area contributed by atoms with Crippen molar-refractivity contribution in [3.8, 4) is 0 Å². The first-order valence-corrected chi connectivity index (χ1v) is 20.9. The van der Waals surface area contributed by atoms with Gasteiger partial charge in [0.05, 0.1) is 30.9 Å². The van der Waals surface area contributed by atoms with Crippen molar-refractivity contribution in [2.45, 2.75) is 115 Å². The highest BCUT2D eigenvalue weighted by Crippen LogP contribution is 2.65. The van der Waals surface area contributed by atoms with E-state index in [9.17, 15) is 24.3 Å². The first-order valence-electron chi connectivity index (χ1n) is 20.9. The highest BCUT2D eigenvalue weighted by molar-refractivity contribution is 5.89. The minimum Gasteiger partial charge on any atom is -0.455 e. The Kier molecular flexibility index (Phi) is 13.3. The number of ether oxygens (including phenoxy) is 7. The molecule has 332 valence electrons. The molecule has 61 heavy (non-hydrogen) atoms. The van der Waals surface area contributed by atoms with Crippen molar-refractivity contribution in [1.29, 1.82) is 0 Å². The predicted molar refractivity (Wildman–Crippen MR) is 224 cm³/mol. The fourth-order valence-electron chi connectivity index (χ4n) is 10.2. The van der Waals surface area contributed by atoms with E-state index in [2.05, 4.69) is 10.6 Å². The summed E-state index contributed by atoms with van der Waals surface area (Å²) in [6, 6.07) is 15.9. The van der Waals surface area contributed by atoms with E-state index in [-0.39, 0.29) is 25.0 Å². The van der Waals surface area contributed by atoms with Crippen LogP contribution in [0, 0.1) is 22.7 Å². The molecule has 3 N–H and O–H groups in total. The van der Waals surface area contributed by atoms with E-state index >= 15 is 0 Å². The van der Waals surface area contributed by atoms with E-state index in [1.165, 1.54) is 0 Å². The van der Waals surface area contributed by atoms with Gasteiger partial charge in [0.15, 0.2) is 0 Å². The van der Waals surface area contributed by atoms with Crippen LogP contribution < -0.4 is 10.6 Å². The van der Waals surface area contributed by atoms with E-state index in [1.807, 2.05) is 20.8 Å². The highest BCUT2D eigenvalue weighted by atomic mass is 16.6. The number of methoxy groups -OCH3 is 2. The molecule has 14 nitrogen and oxygen atoms in total. The third kappa shape index (κ3) is 8.49. The minimum absolute atomic E-state index is 0.171. The number of rotatable bonds is 12. The summed E-state index contributed by atoms with van der Waals surface area (Å²) in [6.07, 6.45) is -6.16. The molecular weight excluding hydrogens is 785 g/mol. The molecule has 6 rings (SSSR count). The van der Waals surface area contributed by atoms with Crippen molar-refractivity contribution >= 4 is 24.0 Å². The Morgan fingerprint density at radius 2 is 1.61 bits per heavy atom. The van der Waals surface area contributed by atoms with Gasteiger partial charge in [-0.05, 0) is 69.2 Å². The van der Waals surface area contributed by atoms with E-state index in [4.69, 9.17) is 39.7 Å². The molecule has 0 radical (unpaired) electrons. The number of esters is 3. The average molecular weight is 847 g/mol. The molecule has 6 unspecified atom stereocenters. The van der Waals surface area contributed by atoms with Crippen LogP contribution in [0.15, 0.2) is 84.0 Å². The molecule has 1 heterocycles. The van der Waals surface area contributed by atoms with Gasteiger partial charge in [-0.15, -0.1) is 0 Å². The molecule has 0 spiro atoms. The van der Waals surface area contributed by atoms with Crippen LogP contribution in [-0.2, 0) is 42.7 Å². The zero-order valence-electron chi connectivity index (χ0n) is 36.9. The van der Waals surface area contributed by atoms with Crippen molar-refractivity contribution in [2.24, 2.45) is 22.7 Å². The molecule has 1 aliphatic heterocycles. The quantitative estimate of drug-likeness (QED) is 0.136. The summed E-state index contributed by atoms with van der Waals surface area (Å²) in [7, 11) is 4.75. The van der Waals surface area contributed by atoms with Crippen molar-refractivity contribution in [1.82, 2.24) is 10.6 Å². The lowest BCUT2D eigenvalue weighted by Crippen LogP contribution is -2.73. The number of hydrogen-bond donors (Lipinski definition) is 3. The van der Waals surface area contributed by atoms with Crippen LogP contribution in [0.1, 0.15) is 83.3 Å². The van der Waals surface area contributed by atoms with Gasteiger partial charge >= 0.3 is 24.0 Å². The lowest BCUT2D eigenvalue weighted by atomic mass is 9.45. The Hall–Kier alpha value is -4.60. The molecule has 1 saturated heterocycles. The highest BCUT2D eigenvalue weighted by Gasteiger charge is 2.71. The number of carbonyl (C=O) groups excluding carboxylic acids is 4. The number of likely N-dealkylation sites (N-methyl/N-ethyl adjacent to an activating group) is 1. The van der Waals surface area contributed by atoms with Crippen LogP contribution in [0.5, 0.6) is 0 Å². The zero-order chi connectivity index (χ0) is 44.7. The maximum Gasteiger partial charge on any atom is 0.408 e. The predicted octanol–water partition coefficient (Wildman–Crippen LogP) is 5.64. The van der Waals surface area contributed by atoms with E-state index in [0.717, 1.165) is 0 Å². The van der Waals surface area contributed by atoms with Crippen LogP contribution in [0.3, 0.4) is 0 Å². The molecule has 2 bridgehead atoms. The number of amides is 1. The normalized spacial score (nSPS) is 31.4. The topological polar surface area (TPSA) is 177 Å². The smallest absolute Gasteiger partial charge is 0.408 e. The second-order valence-electron chi connectivity index (χ2n) is 18.4. The second-order valence-corrected chi connectivity index (χ2v) is 18.4. The summed E-state index contributed by atoms with van der Waals surface area (Å²) < 4.78 is 43.2. The number of carbonyl (C=O) groups is 4. The number of aliphatic hydroxyl groups is 1. The van der Waals surface area contributed by atoms with Gasteiger partial charge in [0.25, 0.3) is 0 Å². The Morgan fingerprint density at radius 3 is 2.16 bits per heavy atom. The number of fused-ring (bicyclic) bond motifs is 5. The lowest BCUT2D eigenvalue weighted by Gasteiger charge is -2.66. The van der Waals surface area contributed by atoms with Gasteiger partial charge < -0.3 is 48.9 Å². The van der Waals surface area contributed by atoms with Crippen LogP contribution in [-0.4, -0.2) is 111 Å². The van der Waals surface area contributed by atoms with Crippen molar-refractivity contribution in [3.63, 3.8) is 0 Å². The van der Waals surface area contributed by atoms with Gasteiger partial charge in [-0.2, -0.15) is 0 Å². The molecule has 14 heteroatoms. The Morgan fingerprint density at radius 1 is 0.967 bits per heavy atom. The van der Waals surface area contributed by atoms with Gasteiger partial charge in [0, 0.05) is 49.7 Å². The van der Waals surface area contributed by atoms with E-state index in [0.29, 0.717) is 40.9 Å². The van der Waals surface area contributed by atoms with Gasteiger partial charge in [-0.3, -0.25) is 4.79 Å². The maximum atomic E-state index is 14.9. The van der Waals surface area contributed by atoms with E-state index in [1.54, 1.807) is 110 Å². The monoisotopic (exact) mass is 846 g/mol. The van der Waals surface area contributed by atoms with Crippen LogP contribution in [0.2, 0.25) is 0 Å². The second kappa shape index (κ2) is 17.6. The van der Waals surface area contributed by atoms with Gasteiger partial charge in [0.2, 0.25) is 6.10 Å². The van der Waals surface area contributed by atoms with Gasteiger partial charge in [0.1, 0.15) is 35.6 Å². The summed E-state index contributed by atoms with van der Waals surface area (Å²) in [5.41, 5.74) is -2.38. The van der Waals surface area contributed by atoms with Crippen LogP contribution >= 0.6 is 0 Å². The number of alkyl carbamates (subject to hydrolysis) is 1. The number of benzene rings is 2. The Bertz CT molecular complexity index is 2000. The van der Waals surface area contributed by atoms with Crippen molar-refractivity contribution in [2.75, 3.05) is 34.4 Å². The zero-order valence-corrected chi connectivity index (χ0v) is 36.9. The summed E-state index contributed by atoms with van der Waals surface area (Å²) in [4.78, 5) is 55.7. The summed E-state index contributed by atoms with van der Waals surface area (Å²) >= 11 is 0. The van der Waals surface area contributed by atoms with Gasteiger partial charge in [-0.1, -0.05) is 75.9 Å². The Balaban J connectivity index is 1.50. The van der Waals surface area contributed by atoms with Gasteiger partial charge in [-0.25, -0.2) is 14.4 Å². The fourth-order valence-corrected chi connectivity index (χ4v) is 10.2. The fraction of sp³-hybridized carbons (Fsp3) is 0.574. The molecular formula is C47H62N2O12. The third-order valence-corrected chi connectivity index (χ3v) is 13.4. The maximum absolute atomic E-state index is 14.9. The average Bonchev–Trinajstić information content (AvgIpc) is 3.19. The molecule has 3 fully saturated rings. The summed E-state index contributed by atoms with van der Waals surface area (Å²) in [6.45, 7) is 17.5. The van der Waals surface area contributed by atoms with Crippen LogP contribution in [0.4, 0.5) is 4.79 Å². The standard InChI is InChI=1S/C47H62N2O12/c1-26-32(58-42(52)39(59-34(50)24-48-9)37(28-18-14-12-15-19-28)49-43(53)61-44(3,4)5)23-47(54)40(60-41(51)29-20-16-13-17-21-29)36-30-25-57-31(30)22-33(55-10)46(36,8)27(2)38(56-11)35(26)45(47,6)7/h12-21,30-33,36-40,48,54H,2,22-25H2,1,3-11H3,(H,49,53)/t30-,31-,32+,33+,36?,37+,38?,39?,40?,46?,47?/m1/s1. The largest absolute Gasteiger partial charge is 0.455 e. The molecule has 2 aromatic carbocycles. The Labute approximate surface area is 358 Å². The molecule has 2 aromatic rings. The lowest BCUT2D eigenvalue weighted by molar-refractivity contribution is -0.278. The first kappa shape index (κ1) is 45.9. The van der Waals surface area contributed by atoms with Crippen LogP contribution in [0.25, 0.3) is 0 Å².